The van der Waals surface area contributed by atoms with E-state index in [1.165, 1.54) is 11.3 Å². The zero-order valence-corrected chi connectivity index (χ0v) is 15.5. The summed E-state index contributed by atoms with van der Waals surface area (Å²) in [6.07, 6.45) is 1.21. The molecule has 1 fully saturated rings. The maximum atomic E-state index is 12.5. The van der Waals surface area contributed by atoms with Gasteiger partial charge in [-0.2, -0.15) is 0 Å². The van der Waals surface area contributed by atoms with Crippen LogP contribution in [0.2, 0.25) is 0 Å². The van der Waals surface area contributed by atoms with Crippen molar-refractivity contribution in [2.75, 3.05) is 20.2 Å². The van der Waals surface area contributed by atoms with E-state index >= 15 is 0 Å². The molecule has 134 valence electrons. The molecule has 1 aliphatic rings. The predicted molar refractivity (Wildman–Crippen MR) is 96.6 cm³/mol. The normalized spacial score (nSPS) is 16.0. The van der Waals surface area contributed by atoms with Crippen molar-refractivity contribution in [2.45, 2.75) is 23.1 Å². The molecule has 1 aliphatic heterocycles. The van der Waals surface area contributed by atoms with Crippen LogP contribution in [0.15, 0.2) is 46.0 Å². The molecule has 0 bridgehead atoms. The summed E-state index contributed by atoms with van der Waals surface area (Å²) in [6.45, 7) is 1.06. The van der Waals surface area contributed by atoms with Gasteiger partial charge in [-0.15, -0.1) is 11.3 Å². The quantitative estimate of drug-likeness (QED) is 0.864. The molecule has 0 aliphatic carbocycles. The van der Waals surface area contributed by atoms with Crippen molar-refractivity contribution in [2.24, 2.45) is 0 Å². The number of amides is 1. The summed E-state index contributed by atoms with van der Waals surface area (Å²) in [5.74, 6) is 0.667. The average Bonchev–Trinajstić information content (AvgIpc) is 3.17. The lowest BCUT2D eigenvalue weighted by atomic mass is 10.0. The molecule has 0 unspecified atom stereocenters. The van der Waals surface area contributed by atoms with Crippen LogP contribution in [0.5, 0.6) is 5.75 Å². The third-order valence-electron chi connectivity index (χ3n) is 4.20. The SMILES string of the molecule is COc1ccc(C(=O)N2CCC(NS(=O)(=O)c3cccs3)CC2)cc1. The maximum absolute atomic E-state index is 12.5. The van der Waals surface area contributed by atoms with E-state index in [0.29, 0.717) is 41.5 Å². The lowest BCUT2D eigenvalue weighted by Crippen LogP contribution is -2.46. The Morgan fingerprint density at radius 1 is 1.20 bits per heavy atom. The molecular formula is C17H20N2O4S2. The summed E-state index contributed by atoms with van der Waals surface area (Å²) in [5.41, 5.74) is 0.610. The molecule has 3 rings (SSSR count). The smallest absolute Gasteiger partial charge is 0.253 e. The zero-order valence-electron chi connectivity index (χ0n) is 13.8. The summed E-state index contributed by atoms with van der Waals surface area (Å²) in [4.78, 5) is 14.3. The minimum Gasteiger partial charge on any atom is -0.497 e. The topological polar surface area (TPSA) is 75.7 Å². The van der Waals surface area contributed by atoms with Crippen LogP contribution in [0.1, 0.15) is 23.2 Å². The molecule has 0 radical (unpaired) electrons. The monoisotopic (exact) mass is 380 g/mol. The van der Waals surface area contributed by atoms with Gasteiger partial charge in [-0.25, -0.2) is 13.1 Å². The number of nitrogens with one attached hydrogen (secondary N) is 1. The van der Waals surface area contributed by atoms with E-state index in [9.17, 15) is 13.2 Å². The second-order valence-corrected chi connectivity index (χ2v) is 8.74. The minimum atomic E-state index is -3.46. The second-order valence-electron chi connectivity index (χ2n) is 5.85. The number of sulfonamides is 1. The van der Waals surface area contributed by atoms with E-state index < -0.39 is 10.0 Å². The van der Waals surface area contributed by atoms with Gasteiger partial charge >= 0.3 is 0 Å². The van der Waals surface area contributed by atoms with Crippen LogP contribution < -0.4 is 9.46 Å². The second kappa shape index (κ2) is 7.55. The Balaban J connectivity index is 1.57. The first-order valence-corrected chi connectivity index (χ1v) is 10.3. The summed E-state index contributed by atoms with van der Waals surface area (Å²) < 4.78 is 32.7. The molecule has 25 heavy (non-hydrogen) atoms. The Morgan fingerprint density at radius 3 is 2.44 bits per heavy atom. The van der Waals surface area contributed by atoms with Crippen LogP contribution >= 0.6 is 11.3 Å². The Bertz CT molecular complexity index is 809. The molecule has 1 aromatic carbocycles. The first kappa shape index (κ1) is 17.9. The summed E-state index contributed by atoms with van der Waals surface area (Å²) in [7, 11) is -1.88. The number of carbonyl (C=O) groups excluding carboxylic acids is 1. The van der Waals surface area contributed by atoms with Crippen molar-refractivity contribution in [1.82, 2.24) is 9.62 Å². The number of hydrogen-bond donors (Lipinski definition) is 1. The molecule has 8 heteroatoms. The molecule has 0 saturated carbocycles. The molecule has 6 nitrogen and oxygen atoms in total. The predicted octanol–water partition coefficient (Wildman–Crippen LogP) is 2.34. The zero-order chi connectivity index (χ0) is 17.9. The lowest BCUT2D eigenvalue weighted by Gasteiger charge is -2.32. The van der Waals surface area contributed by atoms with E-state index in [1.54, 1.807) is 53.8 Å². The number of benzene rings is 1. The standard InChI is InChI=1S/C17H20N2O4S2/c1-23-15-6-4-13(5-7-15)17(20)19-10-8-14(9-11-19)18-25(21,22)16-3-2-12-24-16/h2-7,12,14,18H,8-11H2,1H3. The van der Waals surface area contributed by atoms with Crippen molar-refractivity contribution in [1.29, 1.82) is 0 Å². The summed E-state index contributed by atoms with van der Waals surface area (Å²) in [5, 5.41) is 1.74. The Labute approximate surface area is 151 Å². The van der Waals surface area contributed by atoms with Gasteiger partial charge in [0.2, 0.25) is 10.0 Å². The Morgan fingerprint density at radius 2 is 1.88 bits per heavy atom. The number of likely N-dealkylation sites (tertiary alicyclic amines) is 1. The number of carbonyl (C=O) groups is 1. The number of hydrogen-bond acceptors (Lipinski definition) is 5. The first-order chi connectivity index (χ1) is 12.0. The van der Waals surface area contributed by atoms with Crippen molar-refractivity contribution in [3.05, 3.63) is 47.3 Å². The van der Waals surface area contributed by atoms with Gasteiger partial charge in [-0.1, -0.05) is 6.07 Å². The van der Waals surface area contributed by atoms with Crippen LogP contribution in [0, 0.1) is 0 Å². The Kier molecular flexibility index (Phi) is 5.41. The third-order valence-corrected chi connectivity index (χ3v) is 7.12. The first-order valence-electron chi connectivity index (χ1n) is 7.99. The van der Waals surface area contributed by atoms with Crippen LogP contribution in [0.4, 0.5) is 0 Å². The van der Waals surface area contributed by atoms with Crippen LogP contribution in [0.25, 0.3) is 0 Å². The van der Waals surface area contributed by atoms with Gasteiger partial charge in [-0.3, -0.25) is 4.79 Å². The summed E-state index contributed by atoms with van der Waals surface area (Å²) >= 11 is 1.20. The fourth-order valence-electron chi connectivity index (χ4n) is 2.81. The van der Waals surface area contributed by atoms with Crippen molar-refractivity contribution >= 4 is 27.3 Å². The number of methoxy groups -OCH3 is 1. The van der Waals surface area contributed by atoms with Gasteiger partial charge in [0.15, 0.2) is 0 Å². The van der Waals surface area contributed by atoms with E-state index in [1.807, 2.05) is 0 Å². The highest BCUT2D eigenvalue weighted by atomic mass is 32.2. The Hall–Kier alpha value is -1.90. The fraction of sp³-hybridized carbons (Fsp3) is 0.353. The average molecular weight is 380 g/mol. The van der Waals surface area contributed by atoms with Gasteiger partial charge in [0.05, 0.1) is 7.11 Å². The largest absolute Gasteiger partial charge is 0.497 e. The highest BCUT2D eigenvalue weighted by Gasteiger charge is 2.27. The van der Waals surface area contributed by atoms with Crippen molar-refractivity contribution in [3.8, 4) is 5.75 Å². The van der Waals surface area contributed by atoms with Crippen LogP contribution in [-0.4, -0.2) is 45.5 Å². The van der Waals surface area contributed by atoms with E-state index in [2.05, 4.69) is 4.72 Å². The minimum absolute atomic E-state index is 0.0396. The van der Waals surface area contributed by atoms with Crippen molar-refractivity contribution < 1.29 is 17.9 Å². The number of nitrogens with zero attached hydrogens (tertiary/aromatic N) is 1. The molecule has 2 heterocycles. The van der Waals surface area contributed by atoms with E-state index in [4.69, 9.17) is 4.74 Å². The van der Waals surface area contributed by atoms with E-state index in [0.717, 1.165) is 0 Å². The highest BCUT2D eigenvalue weighted by molar-refractivity contribution is 7.91. The third kappa shape index (κ3) is 4.20. The maximum Gasteiger partial charge on any atom is 0.253 e. The van der Waals surface area contributed by atoms with Gasteiger partial charge in [0.25, 0.3) is 5.91 Å². The number of rotatable bonds is 5. The number of piperidine rings is 1. The van der Waals surface area contributed by atoms with Crippen LogP contribution in [0.3, 0.4) is 0 Å². The molecular weight excluding hydrogens is 360 g/mol. The van der Waals surface area contributed by atoms with Gasteiger partial charge in [-0.05, 0) is 48.6 Å². The highest BCUT2D eigenvalue weighted by Crippen LogP contribution is 2.20. The molecule has 1 saturated heterocycles. The fourth-order valence-corrected chi connectivity index (χ4v) is 5.13. The van der Waals surface area contributed by atoms with Crippen molar-refractivity contribution in [3.63, 3.8) is 0 Å². The van der Waals surface area contributed by atoms with Gasteiger partial charge in [0.1, 0.15) is 9.96 Å². The molecule has 1 aromatic heterocycles. The number of thiophene rings is 1. The van der Waals surface area contributed by atoms with Gasteiger partial charge < -0.3 is 9.64 Å². The van der Waals surface area contributed by atoms with Crippen LogP contribution in [-0.2, 0) is 10.0 Å². The van der Waals surface area contributed by atoms with E-state index in [-0.39, 0.29) is 11.9 Å². The molecule has 1 N–H and O–H groups in total. The number of ether oxygens (including phenoxy) is 1. The lowest BCUT2D eigenvalue weighted by molar-refractivity contribution is 0.0711. The van der Waals surface area contributed by atoms with Gasteiger partial charge in [0, 0.05) is 24.7 Å². The molecule has 0 spiro atoms. The summed E-state index contributed by atoms with van der Waals surface area (Å²) in [6, 6.07) is 10.2. The molecule has 1 amide bonds. The molecule has 0 atom stereocenters. The molecule has 2 aromatic rings.